The molecule has 2 unspecified atom stereocenters. The smallest absolute Gasteiger partial charge is 0.000960 e. The Kier molecular flexibility index (Phi) is 2.91. The van der Waals surface area contributed by atoms with Gasteiger partial charge in [0.15, 0.2) is 0 Å². The molecule has 1 aromatic carbocycles. The quantitative estimate of drug-likeness (QED) is 0.869. The van der Waals surface area contributed by atoms with E-state index < -0.39 is 0 Å². The lowest BCUT2D eigenvalue weighted by molar-refractivity contribution is 0.335. The summed E-state index contributed by atoms with van der Waals surface area (Å²) in [6.07, 6.45) is 10.0. The average Bonchev–Trinajstić information content (AvgIpc) is 3.06. The minimum absolute atomic E-state index is 0.628. The van der Waals surface area contributed by atoms with Crippen molar-refractivity contribution in [2.24, 2.45) is 11.8 Å². The summed E-state index contributed by atoms with van der Waals surface area (Å²) in [5.41, 5.74) is 3.99. The highest BCUT2D eigenvalue weighted by Crippen LogP contribution is 2.63. The molecule has 19 heavy (non-hydrogen) atoms. The molecule has 2 atom stereocenters. The monoisotopic (exact) mass is 255 g/mol. The minimum Gasteiger partial charge on any atom is -0.317 e. The molecular formula is C18H25N. The van der Waals surface area contributed by atoms with Crippen LogP contribution < -0.4 is 5.32 Å². The number of piperidine rings is 1. The van der Waals surface area contributed by atoms with Gasteiger partial charge in [0.1, 0.15) is 0 Å². The van der Waals surface area contributed by atoms with Crippen LogP contribution in [0.3, 0.4) is 0 Å². The summed E-state index contributed by atoms with van der Waals surface area (Å²) >= 11 is 0. The van der Waals surface area contributed by atoms with E-state index in [1.54, 1.807) is 11.1 Å². The van der Waals surface area contributed by atoms with Crippen LogP contribution in [0.15, 0.2) is 24.3 Å². The van der Waals surface area contributed by atoms with Crippen LogP contribution in [0.4, 0.5) is 0 Å². The molecular weight excluding hydrogens is 230 g/mol. The number of fused-ring (bicyclic) bond motifs is 2. The molecule has 1 spiro atoms. The Morgan fingerprint density at radius 3 is 2.84 bits per heavy atom. The van der Waals surface area contributed by atoms with Gasteiger partial charge in [-0.2, -0.15) is 0 Å². The molecule has 0 aromatic heterocycles. The lowest BCUT2D eigenvalue weighted by Crippen LogP contribution is -2.27. The first kappa shape index (κ1) is 12.0. The molecule has 0 amide bonds. The van der Waals surface area contributed by atoms with Crippen LogP contribution in [-0.4, -0.2) is 13.1 Å². The van der Waals surface area contributed by atoms with E-state index in [1.807, 2.05) is 0 Å². The molecule has 1 heteroatoms. The average molecular weight is 255 g/mol. The Balaban J connectivity index is 1.39. The Bertz CT molecular complexity index is 461. The molecule has 1 heterocycles. The molecule has 4 rings (SSSR count). The van der Waals surface area contributed by atoms with Crippen LogP contribution in [-0.2, 0) is 11.8 Å². The van der Waals surface area contributed by atoms with E-state index in [2.05, 4.69) is 29.6 Å². The summed E-state index contributed by atoms with van der Waals surface area (Å²) in [6.45, 7) is 2.51. The molecule has 1 nitrogen and oxygen atoms in total. The van der Waals surface area contributed by atoms with Gasteiger partial charge < -0.3 is 5.32 Å². The number of hydrogen-bond acceptors (Lipinski definition) is 1. The highest BCUT2D eigenvalue weighted by atomic mass is 14.9. The number of rotatable bonds is 3. The molecule has 1 aromatic rings. The van der Waals surface area contributed by atoms with Gasteiger partial charge in [0.05, 0.1) is 0 Å². The van der Waals surface area contributed by atoms with Crippen LogP contribution in [0.1, 0.15) is 49.7 Å². The van der Waals surface area contributed by atoms with Gasteiger partial charge in [0, 0.05) is 0 Å². The molecule has 0 radical (unpaired) electrons. The Morgan fingerprint density at radius 1 is 1.11 bits per heavy atom. The molecule has 1 aliphatic heterocycles. The van der Waals surface area contributed by atoms with E-state index in [4.69, 9.17) is 0 Å². The van der Waals surface area contributed by atoms with Gasteiger partial charge in [-0.15, -0.1) is 0 Å². The second-order valence-electron chi connectivity index (χ2n) is 6.99. The molecule has 1 N–H and O–H groups in total. The molecule has 102 valence electrons. The third-order valence-electron chi connectivity index (χ3n) is 6.01. The zero-order chi connectivity index (χ0) is 12.7. The second-order valence-corrected chi connectivity index (χ2v) is 6.99. The maximum atomic E-state index is 3.48. The van der Waals surface area contributed by atoms with E-state index >= 15 is 0 Å². The summed E-state index contributed by atoms with van der Waals surface area (Å²) in [5, 5.41) is 3.48. The second kappa shape index (κ2) is 4.63. The molecule has 3 aliphatic rings. The lowest BCUT2D eigenvalue weighted by atomic mass is 9.89. The fourth-order valence-electron chi connectivity index (χ4n) is 4.72. The SMILES string of the molecule is c1ccc2c(c1)CCC21CC1CCC1CCNCC1. The zero-order valence-corrected chi connectivity index (χ0v) is 11.8. The van der Waals surface area contributed by atoms with Crippen molar-refractivity contribution in [3.63, 3.8) is 0 Å². The fraction of sp³-hybridized carbons (Fsp3) is 0.667. The van der Waals surface area contributed by atoms with Crippen molar-refractivity contribution in [1.82, 2.24) is 5.32 Å². The summed E-state index contributed by atoms with van der Waals surface area (Å²) in [5.74, 6) is 2.02. The third-order valence-corrected chi connectivity index (χ3v) is 6.01. The first-order chi connectivity index (χ1) is 9.38. The molecule has 1 saturated heterocycles. The van der Waals surface area contributed by atoms with Crippen LogP contribution >= 0.6 is 0 Å². The molecule has 0 bridgehead atoms. The Hall–Kier alpha value is -0.820. The lowest BCUT2D eigenvalue weighted by Gasteiger charge is -2.23. The van der Waals surface area contributed by atoms with Gasteiger partial charge in [-0.05, 0) is 80.0 Å². The maximum Gasteiger partial charge on any atom is -0.000960 e. The number of benzene rings is 1. The Morgan fingerprint density at radius 2 is 1.95 bits per heavy atom. The van der Waals surface area contributed by atoms with Gasteiger partial charge in [-0.3, -0.25) is 0 Å². The van der Waals surface area contributed by atoms with Gasteiger partial charge in [0.2, 0.25) is 0 Å². The van der Waals surface area contributed by atoms with Crippen molar-refractivity contribution in [3.05, 3.63) is 35.4 Å². The predicted octanol–water partition coefficient (Wildman–Crippen LogP) is 3.67. The van der Waals surface area contributed by atoms with E-state index in [-0.39, 0.29) is 0 Å². The standard InChI is InChI=1S/C18H25N/c1-2-4-17-15(3-1)7-10-18(17)13-16(18)6-5-14-8-11-19-12-9-14/h1-4,14,16,19H,5-13H2. The van der Waals surface area contributed by atoms with Crippen LogP contribution in [0.25, 0.3) is 0 Å². The van der Waals surface area contributed by atoms with Crippen molar-refractivity contribution in [1.29, 1.82) is 0 Å². The normalized spacial score (nSPS) is 33.6. The predicted molar refractivity (Wildman–Crippen MR) is 79.4 cm³/mol. The van der Waals surface area contributed by atoms with Gasteiger partial charge >= 0.3 is 0 Å². The van der Waals surface area contributed by atoms with E-state index in [0.29, 0.717) is 5.41 Å². The molecule has 2 aliphatic carbocycles. The van der Waals surface area contributed by atoms with Crippen molar-refractivity contribution in [2.75, 3.05) is 13.1 Å². The van der Waals surface area contributed by atoms with Crippen LogP contribution in [0.5, 0.6) is 0 Å². The highest BCUT2D eigenvalue weighted by molar-refractivity contribution is 5.44. The van der Waals surface area contributed by atoms with Crippen molar-refractivity contribution >= 4 is 0 Å². The maximum absolute atomic E-state index is 3.48. The van der Waals surface area contributed by atoms with E-state index in [0.717, 1.165) is 11.8 Å². The number of aryl methyl sites for hydroxylation is 1. The summed E-state index contributed by atoms with van der Waals surface area (Å²) in [4.78, 5) is 0. The van der Waals surface area contributed by atoms with Crippen molar-refractivity contribution < 1.29 is 0 Å². The number of hydrogen-bond donors (Lipinski definition) is 1. The van der Waals surface area contributed by atoms with E-state index in [1.165, 1.54) is 58.0 Å². The van der Waals surface area contributed by atoms with Crippen LogP contribution in [0, 0.1) is 11.8 Å². The highest BCUT2D eigenvalue weighted by Gasteiger charge is 2.57. The third kappa shape index (κ3) is 2.03. The molecule has 1 saturated carbocycles. The first-order valence-electron chi connectivity index (χ1n) is 8.18. The zero-order valence-electron chi connectivity index (χ0n) is 11.8. The van der Waals surface area contributed by atoms with Gasteiger partial charge in [0.25, 0.3) is 0 Å². The van der Waals surface area contributed by atoms with Crippen molar-refractivity contribution in [2.45, 2.75) is 50.4 Å². The summed E-state index contributed by atoms with van der Waals surface area (Å²) in [7, 11) is 0. The van der Waals surface area contributed by atoms with Gasteiger partial charge in [-0.1, -0.05) is 30.7 Å². The van der Waals surface area contributed by atoms with Gasteiger partial charge in [-0.25, -0.2) is 0 Å². The summed E-state index contributed by atoms with van der Waals surface area (Å²) in [6, 6.07) is 9.22. The van der Waals surface area contributed by atoms with E-state index in [9.17, 15) is 0 Å². The fourth-order valence-corrected chi connectivity index (χ4v) is 4.72. The number of nitrogens with one attached hydrogen (secondary N) is 1. The Labute approximate surface area is 116 Å². The largest absolute Gasteiger partial charge is 0.317 e. The first-order valence-corrected chi connectivity index (χ1v) is 8.18. The molecule has 2 fully saturated rings. The topological polar surface area (TPSA) is 12.0 Å². The van der Waals surface area contributed by atoms with Crippen LogP contribution in [0.2, 0.25) is 0 Å². The summed E-state index contributed by atoms with van der Waals surface area (Å²) < 4.78 is 0. The minimum atomic E-state index is 0.628. The van der Waals surface area contributed by atoms with Crippen molar-refractivity contribution in [3.8, 4) is 0 Å².